The number of hydrogen-bond acceptors (Lipinski definition) is 4. The minimum Gasteiger partial charge on any atom is -0.452 e. The highest BCUT2D eigenvalue weighted by Crippen LogP contribution is 2.17. The molecular weight excluding hydrogens is 254 g/mol. The molecule has 0 atom stereocenters. The normalized spacial score (nSPS) is 17.3. The number of halogens is 1. The van der Waals surface area contributed by atoms with Crippen LogP contribution in [0, 0.1) is 11.3 Å². The summed E-state index contributed by atoms with van der Waals surface area (Å²) < 4.78 is 4.88. The molecule has 6 heteroatoms. The predicted octanol–water partition coefficient (Wildman–Crippen LogP) is 1.65. The summed E-state index contributed by atoms with van der Waals surface area (Å²) in [5.41, 5.74) is 0.371. The number of rotatable bonds is 3. The second-order valence-electron chi connectivity index (χ2n) is 4.29. The number of amides is 1. The smallest absolute Gasteiger partial charge is 0.256 e. The molecule has 1 fully saturated rings. The van der Waals surface area contributed by atoms with E-state index in [2.05, 4.69) is 16.3 Å². The van der Waals surface area contributed by atoms with Crippen molar-refractivity contribution >= 4 is 17.5 Å². The van der Waals surface area contributed by atoms with Gasteiger partial charge in [0.25, 0.3) is 5.91 Å². The van der Waals surface area contributed by atoms with Crippen molar-refractivity contribution in [2.24, 2.45) is 0 Å². The maximum Gasteiger partial charge on any atom is 0.256 e. The number of furan rings is 1. The van der Waals surface area contributed by atoms with E-state index < -0.39 is 0 Å². The van der Waals surface area contributed by atoms with E-state index in [1.54, 1.807) is 6.07 Å². The van der Waals surface area contributed by atoms with E-state index in [0.29, 0.717) is 12.1 Å². The summed E-state index contributed by atoms with van der Waals surface area (Å²) in [6.45, 7) is 2.11. The molecule has 1 aromatic rings. The molecule has 96 valence electrons. The third-order valence-corrected chi connectivity index (χ3v) is 3.37. The molecule has 0 spiro atoms. The van der Waals surface area contributed by atoms with Crippen molar-refractivity contribution in [1.82, 2.24) is 10.2 Å². The van der Waals surface area contributed by atoms with Gasteiger partial charge in [0.15, 0.2) is 0 Å². The first-order chi connectivity index (χ1) is 8.70. The van der Waals surface area contributed by atoms with Crippen molar-refractivity contribution in [2.45, 2.75) is 18.9 Å². The van der Waals surface area contributed by atoms with Crippen molar-refractivity contribution < 1.29 is 9.21 Å². The molecule has 0 bridgehead atoms. The Labute approximate surface area is 110 Å². The highest BCUT2D eigenvalue weighted by atomic mass is 35.5. The Morgan fingerprint density at radius 2 is 2.33 bits per heavy atom. The van der Waals surface area contributed by atoms with Crippen LogP contribution < -0.4 is 5.32 Å². The zero-order chi connectivity index (χ0) is 13.0. The van der Waals surface area contributed by atoms with Crippen LogP contribution in [0.15, 0.2) is 16.7 Å². The Morgan fingerprint density at radius 3 is 2.89 bits per heavy atom. The molecular formula is C12H14ClN3O2. The number of carbonyl (C=O) groups is 1. The number of nitrogens with zero attached hydrogens (tertiary/aromatic N) is 2. The number of nitriles is 1. The molecule has 0 aliphatic carbocycles. The van der Waals surface area contributed by atoms with Crippen molar-refractivity contribution in [2.75, 3.05) is 19.6 Å². The summed E-state index contributed by atoms with van der Waals surface area (Å²) in [4.78, 5) is 14.0. The summed E-state index contributed by atoms with van der Waals surface area (Å²) in [5.74, 6) is -0.201. The third kappa shape index (κ3) is 3.03. The van der Waals surface area contributed by atoms with Gasteiger partial charge in [-0.15, -0.1) is 0 Å². The van der Waals surface area contributed by atoms with Crippen LogP contribution in [0.25, 0.3) is 0 Å². The van der Waals surface area contributed by atoms with Crippen LogP contribution in [-0.2, 0) is 0 Å². The van der Waals surface area contributed by atoms with Gasteiger partial charge in [-0.05, 0) is 30.5 Å². The summed E-state index contributed by atoms with van der Waals surface area (Å²) in [6.07, 6.45) is 3.10. The van der Waals surface area contributed by atoms with Gasteiger partial charge < -0.3 is 9.73 Å². The van der Waals surface area contributed by atoms with Crippen molar-refractivity contribution in [3.8, 4) is 6.07 Å². The first-order valence-electron chi connectivity index (χ1n) is 5.84. The van der Waals surface area contributed by atoms with Crippen LogP contribution in [0.4, 0.5) is 0 Å². The van der Waals surface area contributed by atoms with Crippen LogP contribution in [0.1, 0.15) is 23.2 Å². The van der Waals surface area contributed by atoms with Crippen LogP contribution >= 0.6 is 11.6 Å². The Hall–Kier alpha value is -1.51. The van der Waals surface area contributed by atoms with E-state index in [1.165, 1.54) is 6.26 Å². The van der Waals surface area contributed by atoms with Crippen LogP contribution in [-0.4, -0.2) is 36.5 Å². The fourth-order valence-corrected chi connectivity index (χ4v) is 2.25. The average Bonchev–Trinajstić information content (AvgIpc) is 2.78. The Balaban J connectivity index is 1.84. The summed E-state index contributed by atoms with van der Waals surface area (Å²) in [6, 6.07) is 3.83. The maximum atomic E-state index is 11.9. The highest BCUT2D eigenvalue weighted by molar-refractivity contribution is 6.32. The Morgan fingerprint density at radius 1 is 1.61 bits per heavy atom. The van der Waals surface area contributed by atoms with Gasteiger partial charge >= 0.3 is 0 Å². The van der Waals surface area contributed by atoms with Gasteiger partial charge in [-0.25, -0.2) is 0 Å². The average molecular weight is 268 g/mol. The molecule has 0 radical (unpaired) electrons. The molecule has 0 saturated carbocycles. The minimum absolute atomic E-state index is 0.120. The Bertz CT molecular complexity index is 458. The van der Waals surface area contributed by atoms with Gasteiger partial charge in [-0.3, -0.25) is 9.69 Å². The SMILES string of the molecule is N#CCN1CCC(NC(=O)c2ccoc2Cl)CC1. The lowest BCUT2D eigenvalue weighted by Gasteiger charge is -2.30. The van der Waals surface area contributed by atoms with Gasteiger partial charge in [-0.2, -0.15) is 5.26 Å². The molecule has 2 heterocycles. The number of carbonyl (C=O) groups excluding carboxylic acids is 1. The number of nitrogens with one attached hydrogen (secondary N) is 1. The predicted molar refractivity (Wildman–Crippen MR) is 66.3 cm³/mol. The Kier molecular flexibility index (Phi) is 4.24. The van der Waals surface area contributed by atoms with Crippen LogP contribution in [0.3, 0.4) is 0 Å². The van der Waals surface area contributed by atoms with Gasteiger partial charge in [0.1, 0.15) is 0 Å². The van der Waals surface area contributed by atoms with E-state index in [4.69, 9.17) is 21.3 Å². The molecule has 1 aromatic heterocycles. The third-order valence-electron chi connectivity index (χ3n) is 3.08. The maximum absolute atomic E-state index is 11.9. The van der Waals surface area contributed by atoms with Crippen LogP contribution in [0.2, 0.25) is 5.22 Å². The quantitative estimate of drug-likeness (QED) is 0.846. The molecule has 1 aliphatic rings. The second kappa shape index (κ2) is 5.89. The van der Waals surface area contributed by atoms with E-state index >= 15 is 0 Å². The molecule has 18 heavy (non-hydrogen) atoms. The van der Waals surface area contributed by atoms with Crippen molar-refractivity contribution in [3.63, 3.8) is 0 Å². The number of hydrogen-bond donors (Lipinski definition) is 1. The molecule has 1 aliphatic heterocycles. The van der Waals surface area contributed by atoms with Crippen molar-refractivity contribution in [1.29, 1.82) is 5.26 Å². The molecule has 0 aromatic carbocycles. The number of likely N-dealkylation sites (tertiary alicyclic amines) is 1. The lowest BCUT2D eigenvalue weighted by molar-refractivity contribution is 0.0914. The highest BCUT2D eigenvalue weighted by Gasteiger charge is 2.22. The number of piperidine rings is 1. The van der Waals surface area contributed by atoms with E-state index in [0.717, 1.165) is 25.9 Å². The topological polar surface area (TPSA) is 69.3 Å². The first kappa shape index (κ1) is 12.9. The second-order valence-corrected chi connectivity index (χ2v) is 4.63. The zero-order valence-corrected chi connectivity index (χ0v) is 10.6. The summed E-state index contributed by atoms with van der Waals surface area (Å²) >= 11 is 5.74. The zero-order valence-electron chi connectivity index (χ0n) is 9.86. The van der Waals surface area contributed by atoms with Gasteiger partial charge in [0.05, 0.1) is 24.4 Å². The molecule has 1 N–H and O–H groups in total. The lowest BCUT2D eigenvalue weighted by Crippen LogP contribution is -2.44. The van der Waals surface area contributed by atoms with E-state index in [1.807, 2.05) is 0 Å². The standard InChI is InChI=1S/C12H14ClN3O2/c13-11-10(3-8-18-11)12(17)15-9-1-5-16(6-2-9)7-4-14/h3,8-9H,1-2,5-7H2,(H,15,17). The largest absolute Gasteiger partial charge is 0.452 e. The molecule has 2 rings (SSSR count). The molecule has 1 amide bonds. The van der Waals surface area contributed by atoms with Gasteiger partial charge in [0.2, 0.25) is 5.22 Å². The first-order valence-corrected chi connectivity index (χ1v) is 6.21. The van der Waals surface area contributed by atoms with Crippen molar-refractivity contribution in [3.05, 3.63) is 23.1 Å². The fraction of sp³-hybridized carbons (Fsp3) is 0.500. The van der Waals surface area contributed by atoms with Crippen LogP contribution in [0.5, 0.6) is 0 Å². The molecule has 0 unspecified atom stereocenters. The minimum atomic E-state index is -0.201. The molecule has 5 nitrogen and oxygen atoms in total. The fourth-order valence-electron chi connectivity index (χ4n) is 2.05. The van der Waals surface area contributed by atoms with Gasteiger partial charge in [-0.1, -0.05) is 0 Å². The molecule has 1 saturated heterocycles. The monoisotopic (exact) mass is 267 g/mol. The van der Waals surface area contributed by atoms with E-state index in [9.17, 15) is 4.79 Å². The summed E-state index contributed by atoms with van der Waals surface area (Å²) in [5, 5.41) is 11.7. The van der Waals surface area contributed by atoms with E-state index in [-0.39, 0.29) is 17.2 Å². The van der Waals surface area contributed by atoms with Gasteiger partial charge in [0, 0.05) is 19.1 Å². The summed E-state index contributed by atoms with van der Waals surface area (Å²) in [7, 11) is 0. The lowest BCUT2D eigenvalue weighted by atomic mass is 10.0.